The van der Waals surface area contributed by atoms with Gasteiger partial charge in [-0.2, -0.15) is 16.8 Å². The lowest BCUT2D eigenvalue weighted by Gasteiger charge is -2.22. The molecule has 0 aliphatic rings. The number of halogens is 2. The fraction of sp³-hybridized carbons (Fsp3) is 0.0833. The van der Waals surface area contributed by atoms with Crippen LogP contribution in [-0.2, 0) is 21.0 Å². The molecule has 0 amide bonds. The number of hydrogen-bond acceptors (Lipinski definition) is 9. The minimum atomic E-state index is -5.19. The molecule has 0 atom stereocenters. The van der Waals surface area contributed by atoms with Crippen molar-refractivity contribution >= 4 is 31.8 Å². The number of hydrogen-bond donors (Lipinski definition) is 0. The highest BCUT2D eigenvalue weighted by Crippen LogP contribution is 2.34. The lowest BCUT2D eigenvalue weighted by atomic mass is 10.0. The monoisotopic (exact) mass is 552 g/mol. The van der Waals surface area contributed by atoms with Gasteiger partial charge in [-0.1, -0.05) is 32.0 Å². The largest absolute Gasteiger partial charge is 0.497 e. The van der Waals surface area contributed by atoms with Crippen LogP contribution in [0.15, 0.2) is 84.9 Å². The standard InChI is InChI=1S/C24H18F2O9S2/c1-31-21-6-5-16-3-2-4-22(23(16)15-21)24(32-17-7-11-19(12-8-17)34-36(25,27)28)33-18-9-13-20(14-10-18)35-37(26,29)30/h2-15,24H,1H3. The Morgan fingerprint density at radius 2 is 1.08 bits per heavy atom. The van der Waals surface area contributed by atoms with Crippen molar-refractivity contribution in [3.8, 4) is 28.7 Å². The lowest BCUT2D eigenvalue weighted by Crippen LogP contribution is -2.15. The van der Waals surface area contributed by atoms with Crippen molar-refractivity contribution < 1.29 is 47.2 Å². The van der Waals surface area contributed by atoms with E-state index >= 15 is 0 Å². The maximum Gasteiger partial charge on any atom is 0.488 e. The van der Waals surface area contributed by atoms with Crippen LogP contribution in [0.25, 0.3) is 10.8 Å². The van der Waals surface area contributed by atoms with E-state index in [4.69, 9.17) is 14.2 Å². The topological polar surface area (TPSA) is 114 Å². The molecule has 0 fully saturated rings. The Morgan fingerprint density at radius 1 is 0.622 bits per heavy atom. The van der Waals surface area contributed by atoms with Gasteiger partial charge in [0.25, 0.3) is 6.29 Å². The van der Waals surface area contributed by atoms with Gasteiger partial charge >= 0.3 is 21.0 Å². The van der Waals surface area contributed by atoms with Gasteiger partial charge in [0.05, 0.1) is 7.11 Å². The first-order chi connectivity index (χ1) is 17.5. The van der Waals surface area contributed by atoms with Gasteiger partial charge in [-0.3, -0.25) is 0 Å². The van der Waals surface area contributed by atoms with Gasteiger partial charge in [-0.25, -0.2) is 0 Å². The van der Waals surface area contributed by atoms with Crippen molar-refractivity contribution in [1.29, 1.82) is 0 Å². The molecular weight excluding hydrogens is 534 g/mol. The number of rotatable bonds is 10. The van der Waals surface area contributed by atoms with E-state index in [1.165, 1.54) is 55.6 Å². The second-order valence-corrected chi connectivity index (χ2v) is 9.30. The SMILES string of the molecule is COc1ccc2cccc(C(Oc3ccc(OS(=O)(=O)F)cc3)Oc3ccc(OS(=O)(=O)F)cc3)c2c1. The van der Waals surface area contributed by atoms with E-state index in [0.717, 1.165) is 10.8 Å². The van der Waals surface area contributed by atoms with Crippen molar-refractivity contribution in [2.45, 2.75) is 6.29 Å². The second-order valence-electron chi connectivity index (χ2n) is 7.40. The molecule has 37 heavy (non-hydrogen) atoms. The molecule has 0 unspecified atom stereocenters. The minimum Gasteiger partial charge on any atom is -0.497 e. The van der Waals surface area contributed by atoms with Gasteiger partial charge in [0, 0.05) is 5.56 Å². The van der Waals surface area contributed by atoms with Crippen LogP contribution in [0.1, 0.15) is 11.9 Å². The maximum absolute atomic E-state index is 12.8. The molecule has 0 heterocycles. The van der Waals surface area contributed by atoms with Gasteiger partial charge in [-0.15, -0.1) is 0 Å². The summed E-state index contributed by atoms with van der Waals surface area (Å²) >= 11 is 0. The predicted octanol–water partition coefficient (Wildman–Crippen LogP) is 5.19. The number of fused-ring (bicyclic) bond motifs is 1. The molecule has 9 nitrogen and oxygen atoms in total. The van der Waals surface area contributed by atoms with Crippen molar-refractivity contribution in [3.63, 3.8) is 0 Å². The summed E-state index contributed by atoms with van der Waals surface area (Å²) in [6.45, 7) is 0. The van der Waals surface area contributed by atoms with E-state index in [-0.39, 0.29) is 23.0 Å². The molecule has 0 spiro atoms. The lowest BCUT2D eigenvalue weighted by molar-refractivity contribution is 0.00495. The fourth-order valence-corrected chi connectivity index (χ4v) is 4.07. The van der Waals surface area contributed by atoms with Crippen LogP contribution in [0, 0.1) is 0 Å². The Morgan fingerprint density at radius 3 is 1.54 bits per heavy atom. The van der Waals surface area contributed by atoms with Gasteiger partial charge in [0.1, 0.15) is 28.7 Å². The van der Waals surface area contributed by atoms with E-state index in [1.807, 2.05) is 12.1 Å². The molecule has 0 aliphatic heterocycles. The number of benzene rings is 4. The average molecular weight is 553 g/mol. The molecule has 13 heteroatoms. The van der Waals surface area contributed by atoms with Gasteiger partial charge < -0.3 is 22.6 Å². The highest BCUT2D eigenvalue weighted by atomic mass is 32.3. The highest BCUT2D eigenvalue weighted by molar-refractivity contribution is 7.82. The summed E-state index contributed by atoms with van der Waals surface area (Å²) in [5.74, 6) is 0.497. The van der Waals surface area contributed by atoms with E-state index in [0.29, 0.717) is 11.3 Å². The Balaban J connectivity index is 1.69. The zero-order chi connectivity index (χ0) is 26.6. The second kappa shape index (κ2) is 10.5. The van der Waals surface area contributed by atoms with Crippen molar-refractivity contribution in [2.24, 2.45) is 0 Å². The van der Waals surface area contributed by atoms with Crippen LogP contribution in [-0.4, -0.2) is 23.9 Å². The summed E-state index contributed by atoms with van der Waals surface area (Å²) < 4.78 is 94.3. The van der Waals surface area contributed by atoms with Gasteiger partial charge in [0.15, 0.2) is 0 Å². The van der Waals surface area contributed by atoms with Crippen LogP contribution in [0.4, 0.5) is 7.77 Å². The van der Waals surface area contributed by atoms with Gasteiger partial charge in [-0.05, 0) is 71.4 Å². The minimum absolute atomic E-state index is 0.219. The molecular formula is C24H18F2O9S2. The van der Waals surface area contributed by atoms with E-state index in [2.05, 4.69) is 8.37 Å². The summed E-state index contributed by atoms with van der Waals surface area (Å²) in [7, 11) is -8.86. The summed E-state index contributed by atoms with van der Waals surface area (Å²) in [4.78, 5) is 0. The predicted molar refractivity (Wildman–Crippen MR) is 129 cm³/mol. The average Bonchev–Trinajstić information content (AvgIpc) is 2.83. The Labute approximate surface area is 211 Å². The summed E-state index contributed by atoms with van der Waals surface area (Å²) in [5.41, 5.74) is 0.578. The molecule has 194 valence electrons. The molecule has 0 bridgehead atoms. The first kappa shape index (κ1) is 26.0. The summed E-state index contributed by atoms with van der Waals surface area (Å²) in [6.07, 6.45) is -1.09. The fourth-order valence-electron chi connectivity index (χ4n) is 3.38. The van der Waals surface area contributed by atoms with Crippen molar-refractivity contribution in [2.75, 3.05) is 7.11 Å². The Hall–Kier alpha value is -4.10. The summed E-state index contributed by atoms with van der Waals surface area (Å²) in [5, 5.41) is 1.59. The zero-order valence-electron chi connectivity index (χ0n) is 18.9. The molecule has 0 aliphatic carbocycles. The number of methoxy groups -OCH3 is 1. The third-order valence-corrected chi connectivity index (χ3v) is 5.69. The van der Waals surface area contributed by atoms with Crippen LogP contribution < -0.4 is 22.6 Å². The number of ether oxygens (including phenoxy) is 3. The molecule has 4 aromatic carbocycles. The maximum atomic E-state index is 12.8. The van der Waals surface area contributed by atoms with E-state index in [1.54, 1.807) is 24.3 Å². The first-order valence-electron chi connectivity index (χ1n) is 10.4. The molecule has 0 aromatic heterocycles. The summed E-state index contributed by atoms with van der Waals surface area (Å²) in [6, 6.07) is 21.0. The third-order valence-electron chi connectivity index (χ3n) is 4.90. The van der Waals surface area contributed by atoms with Crippen molar-refractivity contribution in [3.05, 3.63) is 90.5 Å². The quantitative estimate of drug-likeness (QED) is 0.194. The van der Waals surface area contributed by atoms with Crippen molar-refractivity contribution in [1.82, 2.24) is 0 Å². The Kier molecular flexibility index (Phi) is 7.36. The molecule has 0 saturated carbocycles. The van der Waals surface area contributed by atoms with E-state index < -0.39 is 27.3 Å². The molecule has 0 radical (unpaired) electrons. The smallest absolute Gasteiger partial charge is 0.488 e. The highest BCUT2D eigenvalue weighted by Gasteiger charge is 2.20. The normalized spacial score (nSPS) is 11.8. The molecule has 4 aromatic rings. The van der Waals surface area contributed by atoms with Gasteiger partial charge in [0.2, 0.25) is 0 Å². The molecule has 0 N–H and O–H groups in total. The van der Waals surface area contributed by atoms with Crippen LogP contribution in [0.5, 0.6) is 28.7 Å². The zero-order valence-corrected chi connectivity index (χ0v) is 20.5. The van der Waals surface area contributed by atoms with Crippen LogP contribution in [0.3, 0.4) is 0 Å². The third kappa shape index (κ3) is 7.21. The van der Waals surface area contributed by atoms with Crippen LogP contribution >= 0.6 is 0 Å². The first-order valence-corrected chi connectivity index (χ1v) is 13.0. The molecule has 4 rings (SSSR count). The van der Waals surface area contributed by atoms with E-state index in [9.17, 15) is 24.6 Å². The van der Waals surface area contributed by atoms with Crippen LogP contribution in [0.2, 0.25) is 0 Å². The molecule has 0 saturated heterocycles. The Bertz CT molecular complexity index is 1530.